The van der Waals surface area contributed by atoms with Crippen molar-refractivity contribution in [1.82, 2.24) is 9.88 Å². The summed E-state index contributed by atoms with van der Waals surface area (Å²) in [5, 5.41) is 0. The van der Waals surface area contributed by atoms with E-state index in [2.05, 4.69) is 4.98 Å². The molecule has 2 atom stereocenters. The molecular weight excluding hydrogens is 260 g/mol. The topological polar surface area (TPSA) is 42.4 Å². The molecule has 0 spiro atoms. The highest BCUT2D eigenvalue weighted by atomic mass is 35.5. The van der Waals surface area contributed by atoms with Crippen molar-refractivity contribution >= 4 is 28.8 Å². The van der Waals surface area contributed by atoms with E-state index in [1.165, 1.54) is 11.3 Å². The van der Waals surface area contributed by atoms with E-state index in [1.54, 1.807) is 5.51 Å². The Hall–Kier alpha value is -0.650. The highest BCUT2D eigenvalue weighted by molar-refractivity contribution is 7.11. The Morgan fingerprint density at radius 1 is 1.76 bits per heavy atom. The Kier molecular flexibility index (Phi) is 4.01. The summed E-state index contributed by atoms with van der Waals surface area (Å²) in [5.41, 5.74) is 2.49. The minimum Gasteiger partial charge on any atom is -0.373 e. The number of thiazole rings is 1. The standard InChI is InChI=1S/C11H15ClN2O2S/c1-7-5-16-9(3-12)4-14(7)11(15)10-8(2)13-6-17-10/h6-7,9H,3-5H2,1-2H3. The first-order chi connectivity index (χ1) is 8.13. The van der Waals surface area contributed by atoms with Gasteiger partial charge in [-0.05, 0) is 13.8 Å². The summed E-state index contributed by atoms with van der Waals surface area (Å²) >= 11 is 7.17. The zero-order chi connectivity index (χ0) is 12.4. The number of aryl methyl sites for hydroxylation is 1. The maximum absolute atomic E-state index is 12.4. The number of aromatic nitrogens is 1. The van der Waals surface area contributed by atoms with Crippen molar-refractivity contribution in [2.24, 2.45) is 0 Å². The fraction of sp³-hybridized carbons (Fsp3) is 0.636. The molecule has 1 saturated heterocycles. The normalized spacial score (nSPS) is 25.0. The monoisotopic (exact) mass is 274 g/mol. The van der Waals surface area contributed by atoms with Gasteiger partial charge in [0.25, 0.3) is 5.91 Å². The van der Waals surface area contributed by atoms with Gasteiger partial charge < -0.3 is 9.64 Å². The molecule has 0 aromatic carbocycles. The van der Waals surface area contributed by atoms with Crippen molar-refractivity contribution in [3.05, 3.63) is 16.1 Å². The minimum absolute atomic E-state index is 0.0379. The fourth-order valence-electron chi connectivity index (χ4n) is 1.83. The van der Waals surface area contributed by atoms with Gasteiger partial charge in [-0.3, -0.25) is 4.79 Å². The number of alkyl halides is 1. The molecule has 1 aromatic heterocycles. The van der Waals surface area contributed by atoms with Crippen LogP contribution in [0.2, 0.25) is 0 Å². The lowest BCUT2D eigenvalue weighted by atomic mass is 10.2. The van der Waals surface area contributed by atoms with Gasteiger partial charge in [0.1, 0.15) is 4.88 Å². The van der Waals surface area contributed by atoms with Crippen LogP contribution in [0.25, 0.3) is 0 Å². The van der Waals surface area contributed by atoms with E-state index in [0.29, 0.717) is 23.9 Å². The molecule has 0 bridgehead atoms. The molecule has 1 aromatic rings. The number of carbonyl (C=O) groups is 1. The van der Waals surface area contributed by atoms with E-state index in [4.69, 9.17) is 16.3 Å². The number of hydrogen-bond acceptors (Lipinski definition) is 4. The Balaban J connectivity index is 2.15. The molecule has 0 radical (unpaired) electrons. The third-order valence-electron chi connectivity index (χ3n) is 2.88. The van der Waals surface area contributed by atoms with Crippen LogP contribution in [-0.2, 0) is 4.74 Å². The Labute approximate surface area is 110 Å². The van der Waals surface area contributed by atoms with E-state index in [0.717, 1.165) is 5.69 Å². The van der Waals surface area contributed by atoms with Gasteiger partial charge in [0.15, 0.2) is 0 Å². The Bertz CT molecular complexity index is 410. The summed E-state index contributed by atoms with van der Waals surface area (Å²) in [4.78, 5) is 19.0. The first-order valence-corrected chi connectivity index (χ1v) is 6.93. The molecule has 2 rings (SSSR count). The number of carbonyl (C=O) groups excluding carboxylic acids is 1. The second-order valence-electron chi connectivity index (χ2n) is 4.18. The molecule has 0 N–H and O–H groups in total. The zero-order valence-electron chi connectivity index (χ0n) is 9.85. The van der Waals surface area contributed by atoms with Crippen LogP contribution in [0.3, 0.4) is 0 Å². The molecule has 0 saturated carbocycles. The number of halogens is 1. The molecule has 6 heteroatoms. The molecule has 4 nitrogen and oxygen atoms in total. The SMILES string of the molecule is Cc1ncsc1C(=O)N1CC(CCl)OCC1C. The Morgan fingerprint density at radius 2 is 2.53 bits per heavy atom. The average molecular weight is 275 g/mol. The van der Waals surface area contributed by atoms with Crippen LogP contribution >= 0.6 is 22.9 Å². The highest BCUT2D eigenvalue weighted by Gasteiger charge is 2.31. The molecule has 1 fully saturated rings. The minimum atomic E-state index is -0.0648. The number of rotatable bonds is 2. The zero-order valence-corrected chi connectivity index (χ0v) is 11.4. The van der Waals surface area contributed by atoms with Gasteiger partial charge in [-0.25, -0.2) is 4.98 Å². The number of amides is 1. The summed E-state index contributed by atoms with van der Waals surface area (Å²) < 4.78 is 5.53. The van der Waals surface area contributed by atoms with Crippen LogP contribution in [0.5, 0.6) is 0 Å². The number of morpholine rings is 1. The van der Waals surface area contributed by atoms with Crippen molar-refractivity contribution in [2.45, 2.75) is 26.0 Å². The molecule has 2 heterocycles. The fourth-order valence-corrected chi connectivity index (χ4v) is 2.78. The van der Waals surface area contributed by atoms with Crippen LogP contribution in [0.1, 0.15) is 22.3 Å². The number of nitrogens with zero attached hydrogens (tertiary/aromatic N) is 2. The highest BCUT2D eigenvalue weighted by Crippen LogP contribution is 2.20. The summed E-state index contributed by atoms with van der Waals surface area (Å²) in [6.07, 6.45) is -0.0648. The van der Waals surface area contributed by atoms with Crippen LogP contribution in [0, 0.1) is 6.92 Å². The largest absolute Gasteiger partial charge is 0.373 e. The van der Waals surface area contributed by atoms with Crippen LogP contribution in [0.15, 0.2) is 5.51 Å². The molecule has 0 aliphatic carbocycles. The molecular formula is C11H15ClN2O2S. The van der Waals surface area contributed by atoms with Gasteiger partial charge in [-0.1, -0.05) is 0 Å². The third kappa shape index (κ3) is 2.61. The summed E-state index contributed by atoms with van der Waals surface area (Å²) in [7, 11) is 0. The van der Waals surface area contributed by atoms with Crippen molar-refractivity contribution in [3.8, 4) is 0 Å². The second kappa shape index (κ2) is 5.33. The van der Waals surface area contributed by atoms with Crippen LogP contribution < -0.4 is 0 Å². The van der Waals surface area contributed by atoms with E-state index < -0.39 is 0 Å². The number of hydrogen-bond donors (Lipinski definition) is 0. The predicted molar refractivity (Wildman–Crippen MR) is 67.8 cm³/mol. The quantitative estimate of drug-likeness (QED) is 0.774. The van der Waals surface area contributed by atoms with E-state index >= 15 is 0 Å². The summed E-state index contributed by atoms with van der Waals surface area (Å²) in [6, 6.07) is 0.0865. The number of ether oxygens (including phenoxy) is 1. The molecule has 94 valence electrons. The lowest BCUT2D eigenvalue weighted by Crippen LogP contribution is -2.51. The van der Waals surface area contributed by atoms with Gasteiger partial charge in [0, 0.05) is 6.54 Å². The molecule has 2 unspecified atom stereocenters. The van der Waals surface area contributed by atoms with Gasteiger partial charge >= 0.3 is 0 Å². The maximum Gasteiger partial charge on any atom is 0.266 e. The van der Waals surface area contributed by atoms with Gasteiger partial charge in [-0.15, -0.1) is 22.9 Å². The van der Waals surface area contributed by atoms with E-state index in [1.807, 2.05) is 18.7 Å². The summed E-state index contributed by atoms with van der Waals surface area (Å²) in [6.45, 7) is 4.94. The van der Waals surface area contributed by atoms with E-state index in [-0.39, 0.29) is 18.1 Å². The van der Waals surface area contributed by atoms with Crippen molar-refractivity contribution in [1.29, 1.82) is 0 Å². The Morgan fingerprint density at radius 3 is 3.12 bits per heavy atom. The third-order valence-corrected chi connectivity index (χ3v) is 4.14. The van der Waals surface area contributed by atoms with E-state index in [9.17, 15) is 4.79 Å². The van der Waals surface area contributed by atoms with Gasteiger partial charge in [0.05, 0.1) is 35.8 Å². The average Bonchev–Trinajstić information content (AvgIpc) is 2.75. The molecule has 1 amide bonds. The molecule has 1 aliphatic rings. The predicted octanol–water partition coefficient (Wildman–Crippen LogP) is 1.92. The van der Waals surface area contributed by atoms with Gasteiger partial charge in [-0.2, -0.15) is 0 Å². The lowest BCUT2D eigenvalue weighted by molar-refractivity contribution is -0.0370. The first-order valence-electron chi connectivity index (χ1n) is 5.52. The molecule has 1 aliphatic heterocycles. The first kappa shape index (κ1) is 12.8. The van der Waals surface area contributed by atoms with Crippen LogP contribution in [-0.4, -0.2) is 47.0 Å². The smallest absolute Gasteiger partial charge is 0.266 e. The second-order valence-corrected chi connectivity index (χ2v) is 5.35. The summed E-state index contributed by atoms with van der Waals surface area (Å²) in [5.74, 6) is 0.453. The van der Waals surface area contributed by atoms with Crippen LogP contribution in [0.4, 0.5) is 0 Å². The van der Waals surface area contributed by atoms with Gasteiger partial charge in [0.2, 0.25) is 0 Å². The molecule has 17 heavy (non-hydrogen) atoms. The lowest BCUT2D eigenvalue weighted by Gasteiger charge is -2.37. The maximum atomic E-state index is 12.4. The van der Waals surface area contributed by atoms with Crippen molar-refractivity contribution < 1.29 is 9.53 Å². The van der Waals surface area contributed by atoms with Crippen molar-refractivity contribution in [3.63, 3.8) is 0 Å². The van der Waals surface area contributed by atoms with Crippen molar-refractivity contribution in [2.75, 3.05) is 19.0 Å².